The smallest absolute Gasteiger partial charge is 0.315 e. The molecule has 1 fully saturated rings. The molecule has 0 bridgehead atoms. The Bertz CT molecular complexity index is 932. The van der Waals surface area contributed by atoms with Gasteiger partial charge in [-0.05, 0) is 32.1 Å². The molecule has 1 saturated heterocycles. The van der Waals surface area contributed by atoms with Gasteiger partial charge in [0.15, 0.2) is 0 Å². The summed E-state index contributed by atoms with van der Waals surface area (Å²) in [4.78, 5) is 45.6. The Kier molecular flexibility index (Phi) is 5.91. The van der Waals surface area contributed by atoms with Gasteiger partial charge in [0.1, 0.15) is 5.82 Å². The number of hydrogen-bond acceptors (Lipinski definition) is 5. The van der Waals surface area contributed by atoms with E-state index in [1.165, 1.54) is 10.7 Å². The molecule has 0 aromatic carbocycles. The molecular formula is C19H26N6O3. The molecule has 28 heavy (non-hydrogen) atoms. The number of H-pyrrole nitrogens is 1. The molecule has 2 amide bonds. The predicted octanol–water partition coefficient (Wildman–Crippen LogP) is 1.41. The fourth-order valence-corrected chi connectivity index (χ4v) is 3.42. The number of nitrogens with zero attached hydrogens (tertiary/aromatic N) is 4. The minimum atomic E-state index is -0.720. The van der Waals surface area contributed by atoms with E-state index in [0.717, 1.165) is 19.3 Å². The number of carbonyl (C=O) groups is 2. The number of rotatable bonds is 4. The summed E-state index contributed by atoms with van der Waals surface area (Å²) in [6.07, 6.45) is 3.46. The van der Waals surface area contributed by atoms with Crippen molar-refractivity contribution in [2.45, 2.75) is 46.5 Å². The van der Waals surface area contributed by atoms with Crippen LogP contribution in [0.5, 0.6) is 0 Å². The lowest BCUT2D eigenvalue weighted by Gasteiger charge is -2.30. The Morgan fingerprint density at radius 3 is 2.86 bits per heavy atom. The van der Waals surface area contributed by atoms with Gasteiger partial charge in [0.25, 0.3) is 5.56 Å². The van der Waals surface area contributed by atoms with Crippen LogP contribution in [0.4, 0.5) is 5.82 Å². The van der Waals surface area contributed by atoms with E-state index in [-0.39, 0.29) is 17.3 Å². The number of aromatic nitrogens is 4. The molecule has 0 saturated carbocycles. The maximum Gasteiger partial charge on any atom is 0.315 e. The number of carbonyl (C=O) groups excluding carboxylic acids is 2. The third kappa shape index (κ3) is 4.47. The number of nitrogens with one attached hydrogen (secondary N) is 2. The van der Waals surface area contributed by atoms with E-state index in [2.05, 4.69) is 27.3 Å². The maximum atomic E-state index is 12.5. The third-order valence-electron chi connectivity index (χ3n) is 4.70. The van der Waals surface area contributed by atoms with Crippen LogP contribution in [0.1, 0.15) is 44.5 Å². The molecule has 9 nitrogen and oxygen atoms in total. The van der Waals surface area contributed by atoms with Crippen molar-refractivity contribution in [1.82, 2.24) is 24.6 Å². The zero-order valence-electron chi connectivity index (χ0n) is 16.5. The molecule has 2 aromatic heterocycles. The molecule has 3 rings (SSSR count). The number of aromatic amines is 1. The molecule has 0 radical (unpaired) electrons. The van der Waals surface area contributed by atoms with Crippen LogP contribution in [0.25, 0.3) is 5.95 Å². The summed E-state index contributed by atoms with van der Waals surface area (Å²) in [7, 11) is 0. The van der Waals surface area contributed by atoms with Crippen LogP contribution in [0, 0.1) is 12.8 Å². The van der Waals surface area contributed by atoms with E-state index >= 15 is 0 Å². The molecule has 2 N–H and O–H groups in total. The Morgan fingerprint density at radius 2 is 2.14 bits per heavy atom. The van der Waals surface area contributed by atoms with Gasteiger partial charge >= 0.3 is 11.8 Å². The lowest BCUT2D eigenvalue weighted by Crippen LogP contribution is -2.44. The molecule has 9 heteroatoms. The number of likely N-dealkylation sites (tertiary alicyclic amines) is 1. The van der Waals surface area contributed by atoms with Crippen LogP contribution in [0.15, 0.2) is 16.9 Å². The Hall–Kier alpha value is -2.97. The van der Waals surface area contributed by atoms with Gasteiger partial charge < -0.3 is 10.2 Å². The topological polar surface area (TPSA) is 113 Å². The third-order valence-corrected chi connectivity index (χ3v) is 4.70. The van der Waals surface area contributed by atoms with E-state index in [1.54, 1.807) is 17.9 Å². The summed E-state index contributed by atoms with van der Waals surface area (Å²) in [6, 6.07) is 3.08. The van der Waals surface area contributed by atoms with Crippen molar-refractivity contribution < 1.29 is 9.59 Å². The van der Waals surface area contributed by atoms with Crippen molar-refractivity contribution in [2.75, 3.05) is 18.4 Å². The van der Waals surface area contributed by atoms with Gasteiger partial charge in [-0.1, -0.05) is 20.3 Å². The number of hydrogen-bond donors (Lipinski definition) is 2. The first-order valence-electron chi connectivity index (χ1n) is 9.65. The molecule has 3 heterocycles. The van der Waals surface area contributed by atoms with Crippen LogP contribution in [-0.4, -0.2) is 49.6 Å². The lowest BCUT2D eigenvalue weighted by molar-refractivity contribution is -0.144. The van der Waals surface area contributed by atoms with Gasteiger partial charge in [0, 0.05) is 30.9 Å². The summed E-state index contributed by atoms with van der Waals surface area (Å²) in [5.74, 6) is -0.398. The Labute approximate surface area is 163 Å². The van der Waals surface area contributed by atoms with Crippen molar-refractivity contribution in [2.24, 2.45) is 5.92 Å². The van der Waals surface area contributed by atoms with Gasteiger partial charge in [0.05, 0.1) is 5.69 Å². The zero-order valence-corrected chi connectivity index (χ0v) is 16.5. The van der Waals surface area contributed by atoms with Crippen LogP contribution in [0.3, 0.4) is 0 Å². The fourth-order valence-electron chi connectivity index (χ4n) is 3.42. The van der Waals surface area contributed by atoms with Crippen LogP contribution < -0.4 is 10.9 Å². The van der Waals surface area contributed by atoms with Crippen molar-refractivity contribution >= 4 is 17.6 Å². The number of piperidine rings is 1. The second kappa shape index (κ2) is 8.37. The molecular weight excluding hydrogens is 360 g/mol. The normalized spacial score (nSPS) is 16.8. The van der Waals surface area contributed by atoms with Crippen molar-refractivity contribution in [1.29, 1.82) is 0 Å². The fraction of sp³-hybridized carbons (Fsp3) is 0.526. The van der Waals surface area contributed by atoms with Crippen molar-refractivity contribution in [3.63, 3.8) is 0 Å². The summed E-state index contributed by atoms with van der Waals surface area (Å²) in [6.45, 7) is 7.00. The highest BCUT2D eigenvalue weighted by Gasteiger charge is 2.27. The van der Waals surface area contributed by atoms with Gasteiger partial charge in [-0.15, -0.1) is 0 Å². The summed E-state index contributed by atoms with van der Waals surface area (Å²) < 4.78 is 1.35. The first kappa shape index (κ1) is 19.8. The van der Waals surface area contributed by atoms with E-state index in [9.17, 15) is 14.4 Å². The largest absolute Gasteiger partial charge is 0.334 e. The average molecular weight is 386 g/mol. The molecule has 0 unspecified atom stereocenters. The molecule has 0 aliphatic carbocycles. The van der Waals surface area contributed by atoms with Crippen LogP contribution in [0.2, 0.25) is 0 Å². The van der Waals surface area contributed by atoms with Crippen molar-refractivity contribution in [3.05, 3.63) is 33.9 Å². The average Bonchev–Trinajstić information content (AvgIpc) is 3.01. The minimum Gasteiger partial charge on any atom is -0.334 e. The highest BCUT2D eigenvalue weighted by Crippen LogP contribution is 2.17. The second-order valence-electron chi connectivity index (χ2n) is 7.35. The number of aryl methyl sites for hydroxylation is 2. The first-order chi connectivity index (χ1) is 13.4. The number of anilines is 1. The first-order valence-corrected chi connectivity index (χ1v) is 9.65. The quantitative estimate of drug-likeness (QED) is 0.772. The number of amides is 2. The molecule has 1 aliphatic rings. The highest BCUT2D eigenvalue weighted by atomic mass is 16.2. The second-order valence-corrected chi connectivity index (χ2v) is 7.35. The zero-order chi connectivity index (χ0) is 20.3. The summed E-state index contributed by atoms with van der Waals surface area (Å²) >= 11 is 0. The van der Waals surface area contributed by atoms with Gasteiger partial charge in [0.2, 0.25) is 5.95 Å². The van der Waals surface area contributed by atoms with Gasteiger partial charge in [-0.2, -0.15) is 9.78 Å². The van der Waals surface area contributed by atoms with Crippen molar-refractivity contribution in [3.8, 4) is 5.95 Å². The van der Waals surface area contributed by atoms with E-state index < -0.39 is 11.8 Å². The molecule has 1 aliphatic heterocycles. The molecule has 2 aromatic rings. The summed E-state index contributed by atoms with van der Waals surface area (Å²) in [5, 5.41) is 6.93. The van der Waals surface area contributed by atoms with E-state index in [0.29, 0.717) is 36.8 Å². The minimum absolute atomic E-state index is 0.207. The van der Waals surface area contributed by atoms with E-state index in [1.807, 2.05) is 6.92 Å². The molecule has 0 spiro atoms. The molecule has 1 atom stereocenters. The molecule has 150 valence electrons. The van der Waals surface area contributed by atoms with Gasteiger partial charge in [-0.25, -0.2) is 4.98 Å². The SMILES string of the molecule is CCCc1cc(=O)[nH]c(-n2nc(C)cc2NC(=O)C(=O)N2CCC[C@H](C)C2)n1. The standard InChI is InChI=1S/C19H26N6O3/c1-4-6-14-10-16(26)22-19(20-14)25-15(9-13(3)23-25)21-17(27)18(28)24-8-5-7-12(2)11-24/h9-10,12H,4-8,11H2,1-3H3,(H,21,27)(H,20,22,26)/t12-/m0/s1. The van der Waals surface area contributed by atoms with Gasteiger partial charge in [-0.3, -0.25) is 19.4 Å². The Balaban J connectivity index is 1.83. The predicted molar refractivity (Wildman–Crippen MR) is 104 cm³/mol. The highest BCUT2D eigenvalue weighted by molar-refractivity contribution is 6.39. The summed E-state index contributed by atoms with van der Waals surface area (Å²) in [5.41, 5.74) is 0.972. The van der Waals surface area contributed by atoms with Crippen LogP contribution >= 0.6 is 0 Å². The maximum absolute atomic E-state index is 12.5. The monoisotopic (exact) mass is 386 g/mol. The lowest BCUT2D eigenvalue weighted by atomic mass is 10.0. The van der Waals surface area contributed by atoms with E-state index in [4.69, 9.17) is 0 Å². The van der Waals surface area contributed by atoms with Crippen LogP contribution in [-0.2, 0) is 16.0 Å². The Morgan fingerprint density at radius 1 is 1.36 bits per heavy atom.